The molecule has 10 atom stereocenters. The summed E-state index contributed by atoms with van der Waals surface area (Å²) < 4.78 is 6.32. The molecule has 294 valence electrons. The molecule has 6 aliphatic carbocycles. The Labute approximate surface area is 317 Å². The van der Waals surface area contributed by atoms with E-state index in [1.165, 1.54) is 115 Å². The van der Waals surface area contributed by atoms with Crippen LogP contribution in [0.25, 0.3) is 0 Å². The predicted octanol–water partition coefficient (Wildman–Crippen LogP) is 9.86. The molecule has 6 saturated carbocycles. The SMILES string of the molecule is C=C(C)C1CC[C@]2(CCN3CCN(CC4CC4)CC3)CC[C@]3(C)[C@H](CCC4[C@@]5(C)CCC(OC(=O)CC(C)(C)CC(=O)O)C(C)(C)C5CC[C@]43C)C12. The van der Waals surface area contributed by atoms with Gasteiger partial charge in [0.05, 0.1) is 12.8 Å². The van der Waals surface area contributed by atoms with Crippen LogP contribution in [0.1, 0.15) is 152 Å². The minimum Gasteiger partial charge on any atom is -0.481 e. The van der Waals surface area contributed by atoms with Crippen molar-refractivity contribution in [1.29, 1.82) is 0 Å². The van der Waals surface area contributed by atoms with Gasteiger partial charge in [0.15, 0.2) is 0 Å². The second-order valence-electron chi connectivity index (χ2n) is 22.1. The van der Waals surface area contributed by atoms with Crippen LogP contribution >= 0.6 is 0 Å². The molecule has 7 fully saturated rings. The molecule has 7 aliphatic rings. The summed E-state index contributed by atoms with van der Waals surface area (Å²) in [5.41, 5.74) is 2.10. The van der Waals surface area contributed by atoms with Crippen molar-refractivity contribution in [1.82, 2.24) is 9.80 Å². The van der Waals surface area contributed by atoms with Gasteiger partial charge in [-0.15, -0.1) is 0 Å². The summed E-state index contributed by atoms with van der Waals surface area (Å²) in [6, 6.07) is 0. The number of ether oxygens (including phenoxy) is 1. The molecule has 0 bridgehead atoms. The Hall–Kier alpha value is -1.40. The summed E-state index contributed by atoms with van der Waals surface area (Å²) in [6.07, 6.45) is 17.1. The molecule has 1 N–H and O–H groups in total. The van der Waals surface area contributed by atoms with Crippen LogP contribution < -0.4 is 0 Å². The lowest BCUT2D eigenvalue weighted by Crippen LogP contribution is -2.66. The van der Waals surface area contributed by atoms with Crippen molar-refractivity contribution in [2.75, 3.05) is 39.3 Å². The quantitative estimate of drug-likeness (QED) is 0.169. The number of fused-ring (bicyclic) bond motifs is 7. The number of esters is 1. The number of carboxylic acids is 1. The summed E-state index contributed by atoms with van der Waals surface area (Å²) in [5, 5.41) is 9.37. The van der Waals surface area contributed by atoms with Crippen LogP contribution in [-0.2, 0) is 14.3 Å². The predicted molar refractivity (Wildman–Crippen MR) is 210 cm³/mol. The van der Waals surface area contributed by atoms with Crippen molar-refractivity contribution < 1.29 is 19.4 Å². The van der Waals surface area contributed by atoms with Gasteiger partial charge in [0.2, 0.25) is 0 Å². The fourth-order valence-electron chi connectivity index (χ4n) is 15.2. The van der Waals surface area contributed by atoms with E-state index in [1.54, 1.807) is 0 Å². The van der Waals surface area contributed by atoms with Gasteiger partial charge in [0.25, 0.3) is 0 Å². The van der Waals surface area contributed by atoms with Crippen molar-refractivity contribution >= 4 is 11.9 Å². The topological polar surface area (TPSA) is 70.1 Å². The Balaban J connectivity index is 1.06. The van der Waals surface area contributed by atoms with Gasteiger partial charge in [0.1, 0.15) is 6.10 Å². The highest BCUT2D eigenvalue weighted by Crippen LogP contribution is 2.78. The number of carbonyl (C=O) groups is 2. The lowest BCUT2D eigenvalue weighted by molar-refractivity contribution is -0.250. The largest absolute Gasteiger partial charge is 0.481 e. The zero-order chi connectivity index (χ0) is 37.5. The first-order valence-corrected chi connectivity index (χ1v) is 21.9. The molecule has 5 unspecified atom stereocenters. The number of carboxylic acid groups (broad SMARTS) is 1. The van der Waals surface area contributed by atoms with Crippen LogP contribution in [0.5, 0.6) is 0 Å². The molecule has 0 spiro atoms. The Morgan fingerprint density at radius 2 is 1.48 bits per heavy atom. The summed E-state index contributed by atoms with van der Waals surface area (Å²) in [7, 11) is 0. The van der Waals surface area contributed by atoms with Crippen LogP contribution in [0.2, 0.25) is 0 Å². The lowest BCUT2D eigenvalue weighted by Gasteiger charge is -2.73. The molecule has 0 aromatic heterocycles. The molecule has 0 aromatic rings. The number of carbonyl (C=O) groups excluding carboxylic acids is 1. The molecule has 0 amide bonds. The smallest absolute Gasteiger partial charge is 0.306 e. The third kappa shape index (κ3) is 6.66. The molecule has 6 heteroatoms. The molecule has 52 heavy (non-hydrogen) atoms. The van der Waals surface area contributed by atoms with E-state index in [2.05, 4.69) is 57.9 Å². The lowest BCUT2D eigenvalue weighted by atomic mass is 9.32. The third-order valence-electron chi connectivity index (χ3n) is 18.3. The molecule has 7 rings (SSSR count). The van der Waals surface area contributed by atoms with E-state index < -0.39 is 11.4 Å². The van der Waals surface area contributed by atoms with Gasteiger partial charge >= 0.3 is 11.9 Å². The minimum absolute atomic E-state index is 0.0242. The van der Waals surface area contributed by atoms with Gasteiger partial charge in [-0.05, 0) is 160 Å². The highest BCUT2D eigenvalue weighted by atomic mass is 16.5. The summed E-state index contributed by atoms with van der Waals surface area (Å²) in [5.74, 6) is 3.34. The van der Waals surface area contributed by atoms with E-state index in [0.717, 1.165) is 30.6 Å². The zero-order valence-corrected chi connectivity index (χ0v) is 34.7. The van der Waals surface area contributed by atoms with Gasteiger partial charge in [-0.25, -0.2) is 0 Å². The Kier molecular flexibility index (Phi) is 10.2. The van der Waals surface area contributed by atoms with Crippen molar-refractivity contribution in [2.24, 2.45) is 68.0 Å². The van der Waals surface area contributed by atoms with Crippen LogP contribution in [0, 0.1) is 68.0 Å². The summed E-state index contributed by atoms with van der Waals surface area (Å²) in [4.78, 5) is 30.2. The first kappa shape index (κ1) is 38.9. The maximum Gasteiger partial charge on any atom is 0.306 e. The molecule has 6 nitrogen and oxygen atoms in total. The second-order valence-corrected chi connectivity index (χ2v) is 22.1. The van der Waals surface area contributed by atoms with E-state index in [0.29, 0.717) is 34.0 Å². The van der Waals surface area contributed by atoms with Gasteiger partial charge in [-0.2, -0.15) is 0 Å². The van der Waals surface area contributed by atoms with E-state index in [1.807, 2.05) is 13.8 Å². The summed E-state index contributed by atoms with van der Waals surface area (Å²) >= 11 is 0. The molecular weight excluding hydrogens is 645 g/mol. The molecule has 0 radical (unpaired) electrons. The fraction of sp³-hybridized carbons (Fsp3) is 0.913. The molecule has 0 aromatic carbocycles. The van der Waals surface area contributed by atoms with Crippen LogP contribution in [0.3, 0.4) is 0 Å². The Morgan fingerprint density at radius 3 is 2.13 bits per heavy atom. The Bertz CT molecular complexity index is 1380. The van der Waals surface area contributed by atoms with Crippen LogP contribution in [0.4, 0.5) is 0 Å². The van der Waals surface area contributed by atoms with Crippen molar-refractivity contribution in [3.05, 3.63) is 12.2 Å². The van der Waals surface area contributed by atoms with Crippen molar-refractivity contribution in [2.45, 2.75) is 158 Å². The van der Waals surface area contributed by atoms with Crippen LogP contribution in [-0.4, -0.2) is 72.2 Å². The first-order chi connectivity index (χ1) is 24.3. The van der Waals surface area contributed by atoms with Gasteiger partial charge in [-0.1, -0.05) is 60.6 Å². The normalized spacial score (nSPS) is 43.5. The number of allylic oxidation sites excluding steroid dienone is 1. The number of hydrogen-bond donors (Lipinski definition) is 1. The van der Waals surface area contributed by atoms with Crippen molar-refractivity contribution in [3.63, 3.8) is 0 Å². The number of rotatable bonds is 11. The maximum atomic E-state index is 13.3. The van der Waals surface area contributed by atoms with E-state index in [-0.39, 0.29) is 35.7 Å². The minimum atomic E-state index is -0.861. The van der Waals surface area contributed by atoms with Gasteiger partial charge in [0, 0.05) is 38.1 Å². The third-order valence-corrected chi connectivity index (χ3v) is 18.3. The molecular formula is C46H76N2O4. The zero-order valence-electron chi connectivity index (χ0n) is 34.7. The monoisotopic (exact) mass is 721 g/mol. The molecule has 1 saturated heterocycles. The highest BCUT2D eigenvalue weighted by molar-refractivity contribution is 5.73. The van der Waals surface area contributed by atoms with E-state index in [9.17, 15) is 14.7 Å². The van der Waals surface area contributed by atoms with E-state index >= 15 is 0 Å². The number of piperazine rings is 1. The van der Waals surface area contributed by atoms with E-state index in [4.69, 9.17) is 4.74 Å². The standard InChI is InChI=1S/C46H76N2O4/c1-31(2)33-14-19-46(22-23-47-24-26-48(27-25-47)30-32-10-11-32)21-20-44(8)34(40(33)46)12-13-36-43(7)17-16-37(42(5,6)35(43)15-18-45(36,44)9)52-39(51)29-41(3,4)28-38(49)50/h32-37,40H,1,10-30H2,2-9H3,(H,49,50)/t33?,34-,35?,36?,37?,40?,43+,44-,45-,46-/m1/s1. The van der Waals surface area contributed by atoms with Crippen molar-refractivity contribution in [3.8, 4) is 0 Å². The fourth-order valence-corrected chi connectivity index (χ4v) is 15.2. The van der Waals surface area contributed by atoms with Gasteiger partial charge in [-0.3, -0.25) is 9.59 Å². The number of aliphatic carboxylic acids is 1. The highest BCUT2D eigenvalue weighted by Gasteiger charge is 2.71. The first-order valence-electron chi connectivity index (χ1n) is 21.9. The second kappa shape index (κ2) is 13.7. The summed E-state index contributed by atoms with van der Waals surface area (Å²) in [6.45, 7) is 31.4. The number of hydrogen-bond acceptors (Lipinski definition) is 5. The maximum absolute atomic E-state index is 13.3. The average molecular weight is 721 g/mol. The van der Waals surface area contributed by atoms with Gasteiger partial charge < -0.3 is 19.6 Å². The molecule has 1 heterocycles. The Morgan fingerprint density at radius 1 is 0.788 bits per heavy atom. The molecule has 1 aliphatic heterocycles. The van der Waals surface area contributed by atoms with Crippen LogP contribution in [0.15, 0.2) is 12.2 Å². The number of nitrogens with zero attached hydrogens (tertiary/aromatic N) is 2. The average Bonchev–Trinajstić information content (AvgIpc) is 3.78.